The van der Waals surface area contributed by atoms with E-state index < -0.39 is 0 Å². The number of nitrogens with one attached hydrogen (secondary N) is 2. The summed E-state index contributed by atoms with van der Waals surface area (Å²) in [6.07, 6.45) is 3.92. The lowest BCUT2D eigenvalue weighted by Gasteiger charge is -2.34. The lowest BCUT2D eigenvalue weighted by Crippen LogP contribution is -2.52. The lowest BCUT2D eigenvalue weighted by atomic mass is 10.1. The first kappa shape index (κ1) is 15.3. The molecule has 0 aliphatic carbocycles. The Morgan fingerprint density at radius 2 is 2.05 bits per heavy atom. The second kappa shape index (κ2) is 8.25. The van der Waals surface area contributed by atoms with Crippen molar-refractivity contribution in [3.8, 4) is 5.75 Å². The highest BCUT2D eigenvalue weighted by atomic mass is 16.5. The number of hydrogen-bond donors (Lipinski definition) is 2. The van der Waals surface area contributed by atoms with Crippen molar-refractivity contribution >= 4 is 0 Å². The molecule has 1 aromatic rings. The summed E-state index contributed by atoms with van der Waals surface area (Å²) in [4.78, 5) is 2.54. The van der Waals surface area contributed by atoms with Gasteiger partial charge in [-0.1, -0.05) is 18.2 Å². The Morgan fingerprint density at radius 1 is 1.30 bits per heavy atom. The smallest absolute Gasteiger partial charge is 0.122 e. The quantitative estimate of drug-likeness (QED) is 0.791. The van der Waals surface area contributed by atoms with Crippen molar-refractivity contribution in [1.82, 2.24) is 15.5 Å². The van der Waals surface area contributed by atoms with E-state index in [0.717, 1.165) is 38.3 Å². The maximum Gasteiger partial charge on any atom is 0.122 e. The third kappa shape index (κ3) is 4.20. The van der Waals surface area contributed by atoms with Crippen LogP contribution in [0.2, 0.25) is 0 Å². The highest BCUT2D eigenvalue weighted by molar-refractivity contribution is 5.33. The van der Waals surface area contributed by atoms with Crippen molar-refractivity contribution in [2.24, 2.45) is 0 Å². The van der Waals surface area contributed by atoms with Gasteiger partial charge in [0.25, 0.3) is 0 Å². The van der Waals surface area contributed by atoms with Crippen molar-refractivity contribution in [1.29, 1.82) is 0 Å². The Morgan fingerprint density at radius 3 is 2.75 bits per heavy atom. The number of aryl methyl sites for hydroxylation is 1. The molecule has 1 saturated heterocycles. The Labute approximate surface area is 122 Å². The summed E-state index contributed by atoms with van der Waals surface area (Å²) < 4.78 is 5.41. The molecule has 1 aromatic carbocycles. The van der Waals surface area contributed by atoms with Gasteiger partial charge in [-0.25, -0.2) is 0 Å². The first-order valence-electron chi connectivity index (χ1n) is 7.59. The molecule has 0 spiro atoms. The normalized spacial score (nSPS) is 17.9. The molecule has 1 fully saturated rings. The van der Waals surface area contributed by atoms with Crippen LogP contribution in [0, 0.1) is 0 Å². The van der Waals surface area contributed by atoms with Crippen LogP contribution in [0.4, 0.5) is 0 Å². The molecule has 4 nitrogen and oxygen atoms in total. The summed E-state index contributed by atoms with van der Waals surface area (Å²) in [6, 6.07) is 8.32. The van der Waals surface area contributed by atoms with Crippen LogP contribution >= 0.6 is 0 Å². The minimum Gasteiger partial charge on any atom is -0.496 e. The third-order valence-electron chi connectivity index (χ3n) is 4.04. The molecule has 1 heterocycles. The largest absolute Gasteiger partial charge is 0.496 e. The predicted molar refractivity (Wildman–Crippen MR) is 83.2 cm³/mol. The Kier molecular flexibility index (Phi) is 6.30. The van der Waals surface area contributed by atoms with Crippen molar-refractivity contribution in [2.45, 2.75) is 25.4 Å². The topological polar surface area (TPSA) is 36.5 Å². The van der Waals surface area contributed by atoms with Gasteiger partial charge in [0.15, 0.2) is 0 Å². The van der Waals surface area contributed by atoms with Crippen molar-refractivity contribution in [3.05, 3.63) is 29.8 Å². The first-order valence-corrected chi connectivity index (χ1v) is 7.59. The molecule has 0 bridgehead atoms. The van der Waals surface area contributed by atoms with Crippen molar-refractivity contribution < 1.29 is 4.74 Å². The fourth-order valence-corrected chi connectivity index (χ4v) is 2.90. The van der Waals surface area contributed by atoms with Crippen LogP contribution in [0.15, 0.2) is 24.3 Å². The second-order valence-electron chi connectivity index (χ2n) is 5.29. The Bertz CT molecular complexity index is 391. The zero-order valence-corrected chi connectivity index (χ0v) is 12.7. The predicted octanol–water partition coefficient (Wildman–Crippen LogP) is 1.47. The molecule has 1 atom stereocenters. The molecule has 2 rings (SSSR count). The van der Waals surface area contributed by atoms with E-state index in [2.05, 4.69) is 34.7 Å². The SMILES string of the molecule is CNC(CCCc1ccccc1OC)N1CCNCC1. The molecule has 0 saturated carbocycles. The second-order valence-corrected chi connectivity index (χ2v) is 5.29. The molecule has 1 unspecified atom stereocenters. The van der Waals surface area contributed by atoms with Gasteiger partial charge in [0.1, 0.15) is 5.75 Å². The fraction of sp³-hybridized carbons (Fsp3) is 0.625. The van der Waals surface area contributed by atoms with Crippen LogP contribution in [0.3, 0.4) is 0 Å². The lowest BCUT2D eigenvalue weighted by molar-refractivity contribution is 0.142. The number of nitrogens with zero attached hydrogens (tertiary/aromatic N) is 1. The van der Waals surface area contributed by atoms with Crippen molar-refractivity contribution in [3.63, 3.8) is 0 Å². The fourth-order valence-electron chi connectivity index (χ4n) is 2.90. The third-order valence-corrected chi connectivity index (χ3v) is 4.04. The molecule has 2 N–H and O–H groups in total. The minimum atomic E-state index is 0.492. The van der Waals surface area contributed by atoms with E-state index in [-0.39, 0.29) is 0 Å². The first-order chi connectivity index (χ1) is 9.85. The molecule has 1 aliphatic rings. The maximum atomic E-state index is 5.41. The van der Waals surface area contributed by atoms with E-state index in [1.807, 2.05) is 12.1 Å². The van der Waals surface area contributed by atoms with Gasteiger partial charge in [-0.05, 0) is 37.9 Å². The van der Waals surface area contributed by atoms with Gasteiger partial charge in [-0.2, -0.15) is 0 Å². The van der Waals surface area contributed by atoms with Crippen molar-refractivity contribution in [2.75, 3.05) is 40.3 Å². The molecule has 4 heteroatoms. The standard InChI is InChI=1S/C16H27N3O/c1-17-16(19-12-10-18-11-13-19)9-5-7-14-6-3-4-8-15(14)20-2/h3-4,6,8,16-18H,5,7,9-13H2,1-2H3. The summed E-state index contributed by atoms with van der Waals surface area (Å²) in [5.74, 6) is 1.01. The zero-order chi connectivity index (χ0) is 14.2. The molecule has 20 heavy (non-hydrogen) atoms. The van der Waals surface area contributed by atoms with Gasteiger partial charge < -0.3 is 15.4 Å². The molecular weight excluding hydrogens is 250 g/mol. The number of piperazine rings is 1. The van der Waals surface area contributed by atoms with Gasteiger partial charge in [0.05, 0.1) is 13.3 Å². The summed E-state index contributed by atoms with van der Waals surface area (Å²) in [6.45, 7) is 4.48. The van der Waals surface area contributed by atoms with Gasteiger partial charge in [0.2, 0.25) is 0 Å². The summed E-state index contributed by atoms with van der Waals surface area (Å²) in [5, 5.41) is 6.86. The Hall–Kier alpha value is -1.10. The number of rotatable bonds is 7. The summed E-state index contributed by atoms with van der Waals surface area (Å²) >= 11 is 0. The van der Waals surface area contributed by atoms with Crippen LogP contribution in [-0.4, -0.2) is 51.4 Å². The number of benzene rings is 1. The van der Waals surface area contributed by atoms with Gasteiger partial charge in [-0.15, -0.1) is 0 Å². The van der Waals surface area contributed by atoms with Gasteiger partial charge in [-0.3, -0.25) is 4.90 Å². The van der Waals surface area contributed by atoms with E-state index in [9.17, 15) is 0 Å². The number of ether oxygens (including phenoxy) is 1. The van der Waals surface area contributed by atoms with E-state index in [1.165, 1.54) is 18.4 Å². The van der Waals surface area contributed by atoms with E-state index in [0.29, 0.717) is 6.17 Å². The summed E-state index contributed by atoms with van der Waals surface area (Å²) in [5.41, 5.74) is 1.31. The zero-order valence-electron chi connectivity index (χ0n) is 12.7. The van der Waals surface area contributed by atoms with Crippen LogP contribution in [0.25, 0.3) is 0 Å². The average Bonchev–Trinajstić information content (AvgIpc) is 2.53. The highest BCUT2D eigenvalue weighted by Crippen LogP contribution is 2.20. The Balaban J connectivity index is 1.81. The summed E-state index contributed by atoms with van der Waals surface area (Å²) in [7, 11) is 3.81. The monoisotopic (exact) mass is 277 g/mol. The molecule has 112 valence electrons. The maximum absolute atomic E-state index is 5.41. The van der Waals surface area contributed by atoms with E-state index in [4.69, 9.17) is 4.74 Å². The molecular formula is C16H27N3O. The number of methoxy groups -OCH3 is 1. The molecule has 0 amide bonds. The number of hydrogen-bond acceptors (Lipinski definition) is 4. The van der Waals surface area contributed by atoms with E-state index in [1.54, 1.807) is 7.11 Å². The molecule has 0 radical (unpaired) electrons. The number of para-hydroxylation sites is 1. The van der Waals surface area contributed by atoms with Crippen LogP contribution < -0.4 is 15.4 Å². The van der Waals surface area contributed by atoms with Gasteiger partial charge in [0, 0.05) is 26.2 Å². The van der Waals surface area contributed by atoms with Crippen LogP contribution in [0.1, 0.15) is 18.4 Å². The average molecular weight is 277 g/mol. The molecule has 1 aliphatic heterocycles. The van der Waals surface area contributed by atoms with E-state index >= 15 is 0 Å². The minimum absolute atomic E-state index is 0.492. The van der Waals surface area contributed by atoms with Gasteiger partial charge >= 0.3 is 0 Å². The highest BCUT2D eigenvalue weighted by Gasteiger charge is 2.18. The van der Waals surface area contributed by atoms with Crippen LogP contribution in [0.5, 0.6) is 5.75 Å². The molecule has 0 aromatic heterocycles. The van der Waals surface area contributed by atoms with Crippen LogP contribution in [-0.2, 0) is 6.42 Å².